The van der Waals surface area contributed by atoms with Crippen molar-refractivity contribution in [2.24, 2.45) is 0 Å². The van der Waals surface area contributed by atoms with E-state index in [1.807, 2.05) is 12.1 Å². The van der Waals surface area contributed by atoms with Gasteiger partial charge in [0.1, 0.15) is 23.0 Å². The molecule has 0 bridgehead atoms. The Balaban J connectivity index is 1.18. The number of carbonyl (C=O) groups is 2. The molecular weight excluding hydrogens is 557 g/mol. The van der Waals surface area contributed by atoms with E-state index in [1.165, 1.54) is 56.0 Å². The lowest BCUT2D eigenvalue weighted by atomic mass is 10.1. The first kappa shape index (κ1) is 29.7. The molecule has 0 saturated carbocycles. The second-order valence-corrected chi connectivity index (χ2v) is 10.5. The summed E-state index contributed by atoms with van der Waals surface area (Å²) in [5, 5.41) is 8.25. The zero-order chi connectivity index (χ0) is 30.3. The Morgan fingerprint density at radius 3 is 2.26 bits per heavy atom. The Kier molecular flexibility index (Phi) is 9.31. The van der Waals surface area contributed by atoms with Gasteiger partial charge in [0.05, 0.1) is 18.1 Å². The molecule has 5 rings (SSSR count). The average Bonchev–Trinajstić information content (AvgIpc) is 3.48. The molecule has 43 heavy (non-hydrogen) atoms. The number of hydrogen-bond acceptors (Lipinski definition) is 6. The van der Waals surface area contributed by atoms with Crippen molar-refractivity contribution in [2.45, 2.75) is 32.6 Å². The van der Waals surface area contributed by atoms with Crippen LogP contribution in [0.5, 0.6) is 0 Å². The van der Waals surface area contributed by atoms with Gasteiger partial charge in [0.25, 0.3) is 11.8 Å². The van der Waals surface area contributed by atoms with E-state index in [2.05, 4.69) is 43.0 Å². The van der Waals surface area contributed by atoms with Gasteiger partial charge in [0.2, 0.25) is 5.95 Å². The topological polar surface area (TPSA) is 99.2 Å². The minimum Gasteiger partial charge on any atom is -0.324 e. The van der Waals surface area contributed by atoms with E-state index < -0.39 is 34.8 Å². The number of carbonyl (C=O) groups excluding carboxylic acids is 2. The van der Waals surface area contributed by atoms with Crippen LogP contribution in [-0.4, -0.2) is 46.3 Å². The van der Waals surface area contributed by atoms with Gasteiger partial charge in [-0.1, -0.05) is 18.2 Å². The molecule has 1 aromatic heterocycles. The van der Waals surface area contributed by atoms with Crippen molar-refractivity contribution in [3.05, 3.63) is 107 Å². The highest BCUT2D eigenvalue weighted by Gasteiger charge is 2.20. The number of likely N-dealkylation sites (tertiary alicyclic amines) is 1. The van der Waals surface area contributed by atoms with Gasteiger partial charge >= 0.3 is 0 Å². The first-order valence-electron chi connectivity index (χ1n) is 14.0. The van der Waals surface area contributed by atoms with Crippen LogP contribution in [0.1, 0.15) is 51.1 Å². The Hall–Kier alpha value is -4.77. The number of nitrogens with zero attached hydrogens (tertiary/aromatic N) is 3. The van der Waals surface area contributed by atoms with E-state index in [4.69, 9.17) is 0 Å². The van der Waals surface area contributed by atoms with Crippen LogP contribution < -0.4 is 16.0 Å². The van der Waals surface area contributed by atoms with E-state index in [0.717, 1.165) is 25.1 Å². The van der Waals surface area contributed by atoms with Crippen LogP contribution in [0.15, 0.2) is 67.0 Å². The molecule has 2 heterocycles. The Labute approximate surface area is 247 Å². The number of nitrogens with one attached hydrogen (secondary N) is 3. The van der Waals surface area contributed by atoms with Crippen molar-refractivity contribution in [3.63, 3.8) is 0 Å². The Morgan fingerprint density at radius 2 is 1.53 bits per heavy atom. The van der Waals surface area contributed by atoms with Crippen molar-refractivity contribution in [3.8, 4) is 0 Å². The van der Waals surface area contributed by atoms with Crippen molar-refractivity contribution in [2.75, 3.05) is 35.6 Å². The van der Waals surface area contributed by atoms with Gasteiger partial charge in [-0.05, 0) is 87.6 Å². The first-order valence-corrected chi connectivity index (χ1v) is 14.0. The minimum atomic E-state index is -1.33. The van der Waals surface area contributed by atoms with Crippen LogP contribution in [0.3, 0.4) is 0 Å². The first-order chi connectivity index (χ1) is 20.7. The Morgan fingerprint density at radius 1 is 0.837 bits per heavy atom. The van der Waals surface area contributed by atoms with Gasteiger partial charge in [0.15, 0.2) is 0 Å². The summed E-state index contributed by atoms with van der Waals surface area (Å²) in [7, 11) is 0. The van der Waals surface area contributed by atoms with Gasteiger partial charge in [-0.25, -0.2) is 23.1 Å². The number of aryl methyl sites for hydroxylation is 2. The predicted octanol–water partition coefficient (Wildman–Crippen LogP) is 6.48. The van der Waals surface area contributed by atoms with Gasteiger partial charge in [0, 0.05) is 29.1 Å². The van der Waals surface area contributed by atoms with Crippen molar-refractivity contribution in [1.82, 2.24) is 14.9 Å². The molecule has 4 aromatic rings. The summed E-state index contributed by atoms with van der Waals surface area (Å²) in [4.78, 5) is 36.6. The maximum Gasteiger partial charge on any atom is 0.261 e. The van der Waals surface area contributed by atoms with Crippen LogP contribution >= 0.6 is 0 Å². The molecule has 0 atom stereocenters. The third-order valence-electron chi connectivity index (χ3n) is 7.21. The number of rotatable bonds is 10. The number of benzene rings is 3. The summed E-state index contributed by atoms with van der Waals surface area (Å²) >= 11 is 0. The molecule has 3 aromatic carbocycles. The smallest absolute Gasteiger partial charge is 0.261 e. The summed E-state index contributed by atoms with van der Waals surface area (Å²) in [6, 6.07) is 13.4. The fraction of sp³-hybridized carbons (Fsp3) is 0.250. The Bertz CT molecular complexity index is 1600. The number of aromatic nitrogens is 2. The average molecular weight is 589 g/mol. The highest BCUT2D eigenvalue weighted by Crippen LogP contribution is 2.22. The van der Waals surface area contributed by atoms with E-state index >= 15 is 0 Å². The summed E-state index contributed by atoms with van der Waals surface area (Å²) < 4.78 is 41.2. The minimum absolute atomic E-state index is 0.123. The largest absolute Gasteiger partial charge is 0.324 e. The van der Waals surface area contributed by atoms with Gasteiger partial charge in [-0.3, -0.25) is 9.59 Å². The molecule has 1 fully saturated rings. The number of anilines is 4. The van der Waals surface area contributed by atoms with Gasteiger partial charge in [-0.15, -0.1) is 0 Å². The summed E-state index contributed by atoms with van der Waals surface area (Å²) in [6.45, 7) is 5.21. The standard InChI is InChI=1S/C32H31F3N6O2/c1-20-9-10-24(38-31(43)29-27(34)15-22(33)16-28(29)35)17-26(20)30(42)39-25-18-36-32(37-19-25)40-23-8-4-6-21(14-23)7-5-13-41-11-2-3-12-41/h4,6,8-10,14-19H,2-3,5,7,11-13H2,1H3,(H,38,43)(H,39,42)(H,36,37,40). The maximum atomic E-state index is 14.0. The molecule has 0 radical (unpaired) electrons. The van der Waals surface area contributed by atoms with E-state index in [-0.39, 0.29) is 11.3 Å². The SMILES string of the molecule is Cc1ccc(NC(=O)c2c(F)cc(F)cc2F)cc1C(=O)Nc1cnc(Nc2cccc(CCCN3CCCC3)c2)nc1. The monoisotopic (exact) mass is 588 g/mol. The molecule has 3 N–H and O–H groups in total. The molecule has 11 heteroatoms. The van der Waals surface area contributed by atoms with Crippen LogP contribution in [0.2, 0.25) is 0 Å². The summed E-state index contributed by atoms with van der Waals surface area (Å²) in [5.41, 5.74) is 2.44. The second-order valence-electron chi connectivity index (χ2n) is 10.5. The zero-order valence-corrected chi connectivity index (χ0v) is 23.6. The second kappa shape index (κ2) is 13.5. The van der Waals surface area contributed by atoms with Crippen LogP contribution in [0.4, 0.5) is 36.2 Å². The summed E-state index contributed by atoms with van der Waals surface area (Å²) in [6.07, 6.45) is 7.61. The molecule has 1 saturated heterocycles. The lowest BCUT2D eigenvalue weighted by Crippen LogP contribution is -2.20. The molecule has 0 unspecified atom stereocenters. The normalized spacial score (nSPS) is 13.1. The van der Waals surface area contributed by atoms with Crippen LogP contribution in [0, 0.1) is 24.4 Å². The lowest BCUT2D eigenvalue weighted by molar-refractivity contribution is 0.101. The van der Waals surface area contributed by atoms with Gasteiger partial charge in [-0.2, -0.15) is 0 Å². The zero-order valence-electron chi connectivity index (χ0n) is 23.6. The van der Waals surface area contributed by atoms with Crippen molar-refractivity contribution >= 4 is 34.8 Å². The molecule has 8 nitrogen and oxygen atoms in total. The molecule has 222 valence electrons. The maximum absolute atomic E-state index is 14.0. The highest BCUT2D eigenvalue weighted by atomic mass is 19.1. The van der Waals surface area contributed by atoms with E-state index in [0.29, 0.717) is 29.3 Å². The lowest BCUT2D eigenvalue weighted by Gasteiger charge is -2.14. The molecule has 1 aliphatic heterocycles. The number of halogens is 3. The number of hydrogen-bond donors (Lipinski definition) is 3. The van der Waals surface area contributed by atoms with Crippen LogP contribution in [0.25, 0.3) is 0 Å². The molecule has 2 amide bonds. The molecule has 1 aliphatic rings. The predicted molar refractivity (Wildman–Crippen MR) is 159 cm³/mol. The molecule has 0 aliphatic carbocycles. The fourth-order valence-electron chi connectivity index (χ4n) is 5.00. The van der Waals surface area contributed by atoms with E-state index in [9.17, 15) is 22.8 Å². The molecule has 0 spiro atoms. The highest BCUT2D eigenvalue weighted by molar-refractivity contribution is 6.08. The third-order valence-corrected chi connectivity index (χ3v) is 7.21. The number of amides is 2. The van der Waals surface area contributed by atoms with Crippen LogP contribution in [-0.2, 0) is 6.42 Å². The molecular formula is C32H31F3N6O2. The van der Waals surface area contributed by atoms with Crippen molar-refractivity contribution in [1.29, 1.82) is 0 Å². The summed E-state index contributed by atoms with van der Waals surface area (Å²) in [5.74, 6) is -5.06. The van der Waals surface area contributed by atoms with Crippen molar-refractivity contribution < 1.29 is 22.8 Å². The third kappa shape index (κ3) is 7.75. The van der Waals surface area contributed by atoms with E-state index in [1.54, 1.807) is 13.0 Å². The fourth-order valence-corrected chi connectivity index (χ4v) is 5.00. The quantitative estimate of drug-likeness (QED) is 0.196. The van der Waals surface area contributed by atoms with Gasteiger partial charge < -0.3 is 20.9 Å².